The number of hydrogen-bond donors (Lipinski definition) is 1. The van der Waals surface area contributed by atoms with Crippen LogP contribution in [0.15, 0.2) is 24.4 Å². The first-order valence-electron chi connectivity index (χ1n) is 5.90. The Morgan fingerprint density at radius 2 is 2.18 bits per heavy atom. The highest BCUT2D eigenvalue weighted by atomic mass is 15.2. The van der Waals surface area contributed by atoms with E-state index in [1.54, 1.807) is 0 Å². The van der Waals surface area contributed by atoms with Crippen LogP contribution < -0.4 is 5.73 Å². The van der Waals surface area contributed by atoms with Gasteiger partial charge in [-0.15, -0.1) is 0 Å². The summed E-state index contributed by atoms with van der Waals surface area (Å²) in [5, 5.41) is 0. The first kappa shape index (κ1) is 10.4. The highest BCUT2D eigenvalue weighted by Crippen LogP contribution is 2.22. The van der Waals surface area contributed by atoms with Crippen LogP contribution in [0.25, 0.3) is 16.8 Å². The van der Waals surface area contributed by atoms with Crippen LogP contribution in [-0.2, 0) is 20.0 Å². The molecular formula is C13H16N4. The maximum absolute atomic E-state index is 5.71. The summed E-state index contributed by atoms with van der Waals surface area (Å²) in [5.74, 6) is 0.960. The van der Waals surface area contributed by atoms with Crippen LogP contribution in [0, 0.1) is 0 Å². The van der Waals surface area contributed by atoms with Crippen molar-refractivity contribution in [3.05, 3.63) is 35.7 Å². The normalized spacial score (nSPS) is 11.7. The Hall–Kier alpha value is -1.81. The lowest BCUT2D eigenvalue weighted by molar-refractivity contribution is 0.839. The van der Waals surface area contributed by atoms with Gasteiger partial charge in [-0.3, -0.25) is 4.40 Å². The van der Waals surface area contributed by atoms with Gasteiger partial charge in [-0.1, -0.05) is 19.1 Å². The lowest BCUT2D eigenvalue weighted by atomic mass is 10.1. The van der Waals surface area contributed by atoms with Crippen molar-refractivity contribution >= 4 is 16.8 Å². The molecule has 0 saturated heterocycles. The minimum Gasteiger partial charge on any atom is -0.325 e. The fourth-order valence-corrected chi connectivity index (χ4v) is 2.37. The number of aromatic nitrogens is 3. The molecule has 17 heavy (non-hydrogen) atoms. The predicted molar refractivity (Wildman–Crippen MR) is 68.9 cm³/mol. The van der Waals surface area contributed by atoms with Crippen LogP contribution in [0.3, 0.4) is 0 Å². The van der Waals surface area contributed by atoms with Crippen molar-refractivity contribution in [2.24, 2.45) is 12.8 Å². The SMILES string of the molecule is CCc1cccc2c1nc1n(C)c(CN)cn21. The lowest BCUT2D eigenvalue weighted by Crippen LogP contribution is -2.03. The van der Waals surface area contributed by atoms with E-state index in [-0.39, 0.29) is 0 Å². The van der Waals surface area contributed by atoms with Crippen molar-refractivity contribution in [1.29, 1.82) is 0 Å². The van der Waals surface area contributed by atoms with Crippen LogP contribution in [0.1, 0.15) is 18.2 Å². The fourth-order valence-electron chi connectivity index (χ4n) is 2.37. The highest BCUT2D eigenvalue weighted by molar-refractivity contribution is 5.83. The van der Waals surface area contributed by atoms with Crippen LogP contribution in [-0.4, -0.2) is 14.0 Å². The number of benzene rings is 1. The number of fused-ring (bicyclic) bond motifs is 3. The Morgan fingerprint density at radius 3 is 2.88 bits per heavy atom. The molecule has 0 fully saturated rings. The first-order chi connectivity index (χ1) is 8.26. The van der Waals surface area contributed by atoms with Gasteiger partial charge in [-0.2, -0.15) is 0 Å². The van der Waals surface area contributed by atoms with E-state index in [4.69, 9.17) is 10.7 Å². The van der Waals surface area contributed by atoms with Gasteiger partial charge < -0.3 is 10.3 Å². The van der Waals surface area contributed by atoms with Crippen molar-refractivity contribution in [3.8, 4) is 0 Å². The minimum absolute atomic E-state index is 0.537. The summed E-state index contributed by atoms with van der Waals surface area (Å²) in [7, 11) is 2.01. The van der Waals surface area contributed by atoms with Crippen LogP contribution in [0.2, 0.25) is 0 Å². The summed E-state index contributed by atoms with van der Waals surface area (Å²) in [5.41, 5.74) is 10.4. The van der Waals surface area contributed by atoms with Crippen molar-refractivity contribution in [2.75, 3.05) is 0 Å². The average Bonchev–Trinajstić information content (AvgIpc) is 2.86. The third kappa shape index (κ3) is 1.31. The van der Waals surface area contributed by atoms with Gasteiger partial charge in [0, 0.05) is 19.8 Å². The van der Waals surface area contributed by atoms with E-state index in [1.807, 2.05) is 7.05 Å². The predicted octanol–water partition coefficient (Wildman–Crippen LogP) is 1.85. The molecule has 0 atom stereocenters. The van der Waals surface area contributed by atoms with Gasteiger partial charge in [-0.05, 0) is 18.1 Å². The molecule has 3 aromatic rings. The first-order valence-corrected chi connectivity index (χ1v) is 5.90. The van der Waals surface area contributed by atoms with E-state index >= 15 is 0 Å². The van der Waals surface area contributed by atoms with Gasteiger partial charge >= 0.3 is 0 Å². The Balaban J connectivity index is 2.44. The monoisotopic (exact) mass is 228 g/mol. The second kappa shape index (κ2) is 3.60. The molecule has 0 aliphatic rings. The van der Waals surface area contributed by atoms with Gasteiger partial charge in [-0.25, -0.2) is 4.98 Å². The molecule has 0 aliphatic heterocycles. The van der Waals surface area contributed by atoms with E-state index in [2.05, 4.69) is 40.3 Å². The number of nitrogens with two attached hydrogens (primary N) is 1. The largest absolute Gasteiger partial charge is 0.325 e. The smallest absolute Gasteiger partial charge is 0.214 e. The van der Waals surface area contributed by atoms with Crippen molar-refractivity contribution in [2.45, 2.75) is 19.9 Å². The zero-order valence-electron chi connectivity index (χ0n) is 10.1. The molecule has 88 valence electrons. The zero-order chi connectivity index (χ0) is 12.0. The summed E-state index contributed by atoms with van der Waals surface area (Å²) < 4.78 is 4.18. The molecule has 0 saturated carbocycles. The van der Waals surface area contributed by atoms with Gasteiger partial charge in [0.15, 0.2) is 0 Å². The molecule has 0 unspecified atom stereocenters. The van der Waals surface area contributed by atoms with E-state index in [9.17, 15) is 0 Å². The number of rotatable bonds is 2. The summed E-state index contributed by atoms with van der Waals surface area (Å²) in [4.78, 5) is 4.72. The molecule has 2 N–H and O–H groups in total. The maximum atomic E-state index is 5.71. The maximum Gasteiger partial charge on any atom is 0.214 e. The Kier molecular flexibility index (Phi) is 2.19. The van der Waals surface area contributed by atoms with Crippen LogP contribution in [0.5, 0.6) is 0 Å². The van der Waals surface area contributed by atoms with Crippen molar-refractivity contribution < 1.29 is 0 Å². The van der Waals surface area contributed by atoms with Gasteiger partial charge in [0.1, 0.15) is 0 Å². The summed E-state index contributed by atoms with van der Waals surface area (Å²) in [6.45, 7) is 2.69. The molecule has 0 radical (unpaired) electrons. The van der Waals surface area contributed by atoms with Crippen molar-refractivity contribution in [3.63, 3.8) is 0 Å². The number of aryl methyl sites for hydroxylation is 2. The molecule has 4 heteroatoms. The van der Waals surface area contributed by atoms with Crippen LogP contribution >= 0.6 is 0 Å². The third-order valence-electron chi connectivity index (χ3n) is 3.38. The van der Waals surface area contributed by atoms with Crippen LogP contribution in [0.4, 0.5) is 0 Å². The Bertz CT molecular complexity index is 690. The lowest BCUT2D eigenvalue weighted by Gasteiger charge is -1.98. The number of nitrogens with zero attached hydrogens (tertiary/aromatic N) is 3. The topological polar surface area (TPSA) is 48.2 Å². The third-order valence-corrected chi connectivity index (χ3v) is 3.38. The average molecular weight is 228 g/mol. The fraction of sp³-hybridized carbons (Fsp3) is 0.308. The molecule has 4 nitrogen and oxygen atoms in total. The van der Waals surface area contributed by atoms with Gasteiger partial charge in [0.2, 0.25) is 5.78 Å². The molecule has 0 spiro atoms. The molecule has 3 rings (SSSR count). The summed E-state index contributed by atoms with van der Waals surface area (Å²) in [6.07, 6.45) is 3.08. The Labute approximate surface area is 99.7 Å². The van der Waals surface area contributed by atoms with Gasteiger partial charge in [0.25, 0.3) is 0 Å². The molecular weight excluding hydrogens is 212 g/mol. The molecule has 2 aromatic heterocycles. The number of hydrogen-bond acceptors (Lipinski definition) is 2. The quantitative estimate of drug-likeness (QED) is 0.727. The number of imidazole rings is 2. The summed E-state index contributed by atoms with van der Waals surface area (Å²) in [6, 6.07) is 6.33. The second-order valence-corrected chi connectivity index (χ2v) is 4.30. The highest BCUT2D eigenvalue weighted by Gasteiger charge is 2.12. The molecule has 2 heterocycles. The molecule has 0 amide bonds. The molecule has 0 aliphatic carbocycles. The van der Waals surface area contributed by atoms with E-state index in [1.165, 1.54) is 5.56 Å². The summed E-state index contributed by atoms with van der Waals surface area (Å²) >= 11 is 0. The van der Waals surface area contributed by atoms with E-state index in [0.717, 1.165) is 28.9 Å². The zero-order valence-corrected chi connectivity index (χ0v) is 10.1. The number of para-hydroxylation sites is 1. The van der Waals surface area contributed by atoms with Crippen molar-refractivity contribution in [1.82, 2.24) is 14.0 Å². The van der Waals surface area contributed by atoms with E-state index in [0.29, 0.717) is 6.54 Å². The standard InChI is InChI=1S/C13H16N4/c1-3-9-5-4-6-11-12(9)15-13-16(2)10(7-14)8-17(11)13/h4-6,8H,3,7,14H2,1-2H3. The second-order valence-electron chi connectivity index (χ2n) is 4.30. The minimum atomic E-state index is 0.537. The van der Waals surface area contributed by atoms with Gasteiger partial charge in [0.05, 0.1) is 16.7 Å². The molecule has 1 aromatic carbocycles. The Morgan fingerprint density at radius 1 is 1.35 bits per heavy atom. The van der Waals surface area contributed by atoms with E-state index < -0.39 is 0 Å². The molecule has 0 bridgehead atoms.